The zero-order valence-corrected chi connectivity index (χ0v) is 10.6. The van der Waals surface area contributed by atoms with Crippen molar-refractivity contribution in [2.24, 2.45) is 0 Å². The van der Waals surface area contributed by atoms with Gasteiger partial charge in [-0.1, -0.05) is 25.1 Å². The van der Waals surface area contributed by atoms with E-state index in [2.05, 4.69) is 6.92 Å². The van der Waals surface area contributed by atoms with Crippen LogP contribution in [0.1, 0.15) is 30.6 Å². The molecule has 2 aromatic rings. The summed E-state index contributed by atoms with van der Waals surface area (Å²) in [4.78, 5) is 0. The molecule has 0 radical (unpaired) electrons. The second-order valence-electron chi connectivity index (χ2n) is 3.85. The van der Waals surface area contributed by atoms with Gasteiger partial charge in [0.15, 0.2) is 0 Å². The molecule has 2 nitrogen and oxygen atoms in total. The van der Waals surface area contributed by atoms with Gasteiger partial charge in [0.25, 0.3) is 0 Å². The minimum Gasteiger partial charge on any atom is -0.493 e. The quantitative estimate of drug-likeness (QED) is 0.875. The molecule has 90 valence electrons. The van der Waals surface area contributed by atoms with Crippen molar-refractivity contribution in [3.63, 3.8) is 0 Å². The van der Waals surface area contributed by atoms with Gasteiger partial charge in [0, 0.05) is 5.56 Å². The Hall–Kier alpha value is -1.32. The molecule has 1 aromatic heterocycles. The van der Waals surface area contributed by atoms with Gasteiger partial charge in [-0.3, -0.25) is 0 Å². The van der Waals surface area contributed by atoms with Crippen LogP contribution in [0.4, 0.5) is 0 Å². The predicted molar refractivity (Wildman–Crippen MR) is 70.6 cm³/mol. The van der Waals surface area contributed by atoms with Gasteiger partial charge < -0.3 is 9.84 Å². The molecule has 1 atom stereocenters. The first-order valence-electron chi connectivity index (χ1n) is 5.74. The van der Waals surface area contributed by atoms with Gasteiger partial charge in [-0.25, -0.2) is 0 Å². The second kappa shape index (κ2) is 5.84. The van der Waals surface area contributed by atoms with E-state index in [1.807, 2.05) is 41.1 Å². The molecule has 1 N–H and O–H groups in total. The summed E-state index contributed by atoms with van der Waals surface area (Å²) in [5.74, 6) is 0.771. The third-order valence-electron chi connectivity index (χ3n) is 2.53. The molecule has 0 saturated heterocycles. The number of para-hydroxylation sites is 1. The molecule has 0 amide bonds. The van der Waals surface area contributed by atoms with Crippen molar-refractivity contribution in [1.29, 1.82) is 0 Å². The number of benzene rings is 1. The standard InChI is InChI=1S/C14H16O2S/c1-2-8-16-13-6-4-3-5-12(13)14(15)11-7-9-17-10-11/h3-7,9-10,14-15H,2,8H2,1H3. The van der Waals surface area contributed by atoms with Gasteiger partial charge >= 0.3 is 0 Å². The van der Waals surface area contributed by atoms with Crippen LogP contribution in [0.5, 0.6) is 5.75 Å². The highest BCUT2D eigenvalue weighted by molar-refractivity contribution is 7.07. The molecule has 0 bridgehead atoms. The Balaban J connectivity index is 2.25. The average molecular weight is 248 g/mol. The van der Waals surface area contributed by atoms with Crippen molar-refractivity contribution >= 4 is 11.3 Å². The molecule has 0 aliphatic carbocycles. The van der Waals surface area contributed by atoms with E-state index < -0.39 is 6.10 Å². The normalized spacial score (nSPS) is 12.4. The van der Waals surface area contributed by atoms with Crippen molar-refractivity contribution in [2.75, 3.05) is 6.61 Å². The molecule has 2 rings (SSSR count). The molecular formula is C14H16O2S. The van der Waals surface area contributed by atoms with Crippen molar-refractivity contribution in [3.05, 3.63) is 52.2 Å². The Labute approximate surface area is 105 Å². The number of hydrogen-bond acceptors (Lipinski definition) is 3. The first kappa shape index (κ1) is 12.1. The van der Waals surface area contributed by atoms with Gasteiger partial charge in [-0.2, -0.15) is 11.3 Å². The van der Waals surface area contributed by atoms with Crippen LogP contribution in [-0.4, -0.2) is 11.7 Å². The first-order chi connectivity index (χ1) is 8.33. The third-order valence-corrected chi connectivity index (χ3v) is 3.24. The van der Waals surface area contributed by atoms with Crippen molar-refractivity contribution < 1.29 is 9.84 Å². The summed E-state index contributed by atoms with van der Waals surface area (Å²) in [7, 11) is 0. The van der Waals surface area contributed by atoms with Crippen LogP contribution in [0.25, 0.3) is 0 Å². The Bertz CT molecular complexity index is 451. The number of ether oxygens (including phenoxy) is 1. The highest BCUT2D eigenvalue weighted by Gasteiger charge is 2.15. The Morgan fingerprint density at radius 2 is 2.12 bits per heavy atom. The lowest BCUT2D eigenvalue weighted by atomic mass is 10.0. The smallest absolute Gasteiger partial charge is 0.125 e. The summed E-state index contributed by atoms with van der Waals surface area (Å²) in [6.45, 7) is 2.74. The van der Waals surface area contributed by atoms with Crippen LogP contribution < -0.4 is 4.74 Å². The molecule has 0 aliphatic rings. The van der Waals surface area contributed by atoms with Crippen LogP contribution in [0.15, 0.2) is 41.1 Å². The lowest BCUT2D eigenvalue weighted by Gasteiger charge is -2.15. The zero-order valence-electron chi connectivity index (χ0n) is 9.80. The number of rotatable bonds is 5. The molecule has 1 unspecified atom stereocenters. The number of thiophene rings is 1. The summed E-state index contributed by atoms with van der Waals surface area (Å²) >= 11 is 1.59. The molecular weight excluding hydrogens is 232 g/mol. The number of aliphatic hydroxyl groups excluding tert-OH is 1. The van der Waals surface area contributed by atoms with Gasteiger partial charge in [0.2, 0.25) is 0 Å². The fraction of sp³-hybridized carbons (Fsp3) is 0.286. The number of aliphatic hydroxyl groups is 1. The van der Waals surface area contributed by atoms with E-state index in [4.69, 9.17) is 4.74 Å². The van der Waals surface area contributed by atoms with E-state index >= 15 is 0 Å². The summed E-state index contributed by atoms with van der Waals surface area (Å²) < 4.78 is 5.65. The van der Waals surface area contributed by atoms with E-state index in [-0.39, 0.29) is 0 Å². The van der Waals surface area contributed by atoms with Crippen molar-refractivity contribution in [2.45, 2.75) is 19.4 Å². The minimum atomic E-state index is -0.602. The van der Waals surface area contributed by atoms with Crippen LogP contribution in [0, 0.1) is 0 Å². The van der Waals surface area contributed by atoms with E-state index in [9.17, 15) is 5.11 Å². The van der Waals surface area contributed by atoms with Crippen molar-refractivity contribution in [3.8, 4) is 5.75 Å². The monoisotopic (exact) mass is 248 g/mol. The van der Waals surface area contributed by atoms with E-state index in [0.717, 1.165) is 23.3 Å². The van der Waals surface area contributed by atoms with Gasteiger partial charge in [-0.15, -0.1) is 0 Å². The van der Waals surface area contributed by atoms with Crippen LogP contribution >= 0.6 is 11.3 Å². The summed E-state index contributed by atoms with van der Waals surface area (Å²) in [5.41, 5.74) is 1.75. The van der Waals surface area contributed by atoms with E-state index in [1.54, 1.807) is 11.3 Å². The largest absolute Gasteiger partial charge is 0.493 e. The lowest BCUT2D eigenvalue weighted by molar-refractivity contribution is 0.211. The van der Waals surface area contributed by atoms with Gasteiger partial charge in [-0.05, 0) is 34.9 Å². The summed E-state index contributed by atoms with van der Waals surface area (Å²) in [6.07, 6.45) is 0.359. The molecule has 3 heteroatoms. The fourth-order valence-corrected chi connectivity index (χ4v) is 2.34. The molecule has 0 spiro atoms. The molecule has 0 saturated carbocycles. The van der Waals surface area contributed by atoms with Crippen LogP contribution in [-0.2, 0) is 0 Å². The highest BCUT2D eigenvalue weighted by Crippen LogP contribution is 2.30. The average Bonchev–Trinajstić information content (AvgIpc) is 2.89. The van der Waals surface area contributed by atoms with Crippen LogP contribution in [0.3, 0.4) is 0 Å². The maximum absolute atomic E-state index is 10.3. The Morgan fingerprint density at radius 1 is 1.29 bits per heavy atom. The third kappa shape index (κ3) is 2.87. The van der Waals surface area contributed by atoms with Gasteiger partial charge in [0.1, 0.15) is 11.9 Å². The Morgan fingerprint density at radius 3 is 2.82 bits per heavy atom. The molecule has 1 aromatic carbocycles. The molecule has 0 aliphatic heterocycles. The summed E-state index contributed by atoms with van der Waals surface area (Å²) in [6, 6.07) is 9.60. The topological polar surface area (TPSA) is 29.5 Å². The summed E-state index contributed by atoms with van der Waals surface area (Å²) in [5, 5.41) is 14.2. The maximum Gasteiger partial charge on any atom is 0.125 e. The SMILES string of the molecule is CCCOc1ccccc1C(O)c1ccsc1. The molecule has 17 heavy (non-hydrogen) atoms. The Kier molecular flexibility index (Phi) is 4.18. The van der Waals surface area contributed by atoms with Crippen molar-refractivity contribution in [1.82, 2.24) is 0 Å². The zero-order chi connectivity index (χ0) is 12.1. The lowest BCUT2D eigenvalue weighted by Crippen LogP contribution is -2.03. The first-order valence-corrected chi connectivity index (χ1v) is 6.69. The van der Waals surface area contributed by atoms with Crippen LogP contribution in [0.2, 0.25) is 0 Å². The number of hydrogen-bond donors (Lipinski definition) is 1. The van der Waals surface area contributed by atoms with E-state index in [1.165, 1.54) is 0 Å². The molecule has 0 fully saturated rings. The maximum atomic E-state index is 10.3. The van der Waals surface area contributed by atoms with Gasteiger partial charge in [0.05, 0.1) is 6.61 Å². The second-order valence-corrected chi connectivity index (χ2v) is 4.63. The fourth-order valence-electron chi connectivity index (χ4n) is 1.66. The predicted octanol–water partition coefficient (Wildman–Crippen LogP) is 3.62. The highest BCUT2D eigenvalue weighted by atomic mass is 32.1. The van der Waals surface area contributed by atoms with E-state index in [0.29, 0.717) is 6.61 Å². The molecule has 1 heterocycles. The minimum absolute atomic E-state index is 0.602.